The van der Waals surface area contributed by atoms with Crippen molar-refractivity contribution in [2.75, 3.05) is 0 Å². The Hall–Kier alpha value is -0.100. The Morgan fingerprint density at radius 1 is 1.30 bits per heavy atom. The molecular weight excluding hydrogens is 183 g/mol. The maximum Gasteiger partial charge on any atom is 0.121 e. The largest absolute Gasteiger partial charge is 0.121 e. The molecule has 0 radical (unpaired) electrons. The molecular formula is C7H4ClPS. The van der Waals surface area contributed by atoms with Crippen molar-refractivity contribution in [3.8, 4) is 0 Å². The quantitative estimate of drug-likeness (QED) is 0.580. The highest BCUT2D eigenvalue weighted by molar-refractivity contribution is 7.53. The minimum Gasteiger partial charge on any atom is -0.118 e. The topological polar surface area (TPSA) is 0 Å². The van der Waals surface area contributed by atoms with Gasteiger partial charge in [-0.25, -0.2) is 0 Å². The second-order valence-corrected chi connectivity index (χ2v) is 5.31. The van der Waals surface area contributed by atoms with Gasteiger partial charge < -0.3 is 0 Å². The third kappa shape index (κ3) is 1.05. The molecule has 0 nitrogen and oxygen atoms in total. The van der Waals surface area contributed by atoms with Gasteiger partial charge in [-0.05, 0) is 20.3 Å². The Morgan fingerprint density at radius 2 is 2.10 bits per heavy atom. The Kier molecular flexibility index (Phi) is 1.65. The van der Waals surface area contributed by atoms with Gasteiger partial charge in [0.1, 0.15) is 4.07 Å². The van der Waals surface area contributed by atoms with Crippen LogP contribution in [0.15, 0.2) is 24.3 Å². The molecule has 0 atom stereocenters. The predicted molar refractivity (Wildman–Crippen MR) is 49.3 cm³/mol. The van der Waals surface area contributed by atoms with Crippen LogP contribution >= 0.6 is 31.1 Å². The number of rotatable bonds is 0. The van der Waals surface area contributed by atoms with Gasteiger partial charge in [-0.3, -0.25) is 0 Å². The van der Waals surface area contributed by atoms with Crippen LogP contribution in [0.1, 0.15) is 0 Å². The smallest absolute Gasteiger partial charge is 0.118 e. The van der Waals surface area contributed by atoms with E-state index in [1.165, 1.54) is 18.0 Å². The number of fused-ring (bicyclic) bond motifs is 1. The van der Waals surface area contributed by atoms with E-state index in [0.29, 0.717) is 0 Å². The third-order valence-electron chi connectivity index (χ3n) is 1.27. The Balaban J connectivity index is 2.88. The van der Waals surface area contributed by atoms with Crippen LogP contribution in [0.3, 0.4) is 0 Å². The van der Waals surface area contributed by atoms with Crippen molar-refractivity contribution in [1.29, 1.82) is 0 Å². The summed E-state index contributed by atoms with van der Waals surface area (Å²) in [5, 5.41) is 1.33. The highest BCUT2D eigenvalue weighted by Gasteiger charge is 1.96. The average Bonchev–Trinajstić information content (AvgIpc) is 2.27. The second kappa shape index (κ2) is 2.50. The first-order chi connectivity index (χ1) is 4.86. The monoisotopic (exact) mass is 186 g/mol. The van der Waals surface area contributed by atoms with Gasteiger partial charge in [0.25, 0.3) is 0 Å². The molecule has 0 aliphatic heterocycles. The summed E-state index contributed by atoms with van der Waals surface area (Å²) in [6.45, 7) is 0. The van der Waals surface area contributed by atoms with E-state index in [1.54, 1.807) is 11.3 Å². The van der Waals surface area contributed by atoms with Crippen LogP contribution in [0, 0.1) is 0 Å². The molecule has 0 unspecified atom stereocenters. The molecule has 0 amide bonds. The van der Waals surface area contributed by atoms with E-state index in [1.807, 2.05) is 12.1 Å². The Labute approximate surface area is 69.6 Å². The van der Waals surface area contributed by atoms with E-state index in [0.717, 1.165) is 4.07 Å². The molecule has 2 aromatic rings. The fraction of sp³-hybridized carbons (Fsp3) is 0. The number of hydrogen-bond acceptors (Lipinski definition) is 1. The summed E-state index contributed by atoms with van der Waals surface area (Å²) in [7, 11) is 1.17. The van der Waals surface area contributed by atoms with Gasteiger partial charge in [-0.2, -0.15) is 0 Å². The molecule has 2 rings (SSSR count). The van der Waals surface area contributed by atoms with Crippen LogP contribution in [-0.4, -0.2) is 0 Å². The van der Waals surface area contributed by atoms with Crippen LogP contribution in [0.5, 0.6) is 0 Å². The van der Waals surface area contributed by atoms with Gasteiger partial charge in [-0.15, -0.1) is 11.3 Å². The Bertz CT molecular complexity index is 322. The maximum atomic E-state index is 5.84. The molecule has 0 saturated heterocycles. The molecule has 10 heavy (non-hydrogen) atoms. The van der Waals surface area contributed by atoms with Crippen LogP contribution in [0.4, 0.5) is 0 Å². The van der Waals surface area contributed by atoms with Gasteiger partial charge in [-0.1, -0.05) is 23.7 Å². The molecule has 0 fully saturated rings. The van der Waals surface area contributed by atoms with Crippen molar-refractivity contribution in [2.24, 2.45) is 0 Å². The molecule has 0 N–H and O–H groups in total. The van der Waals surface area contributed by atoms with Crippen molar-refractivity contribution in [1.82, 2.24) is 0 Å². The third-order valence-corrected chi connectivity index (χ3v) is 4.00. The van der Waals surface area contributed by atoms with E-state index in [2.05, 4.69) is 12.1 Å². The Morgan fingerprint density at radius 3 is 2.90 bits per heavy atom. The van der Waals surface area contributed by atoms with Crippen LogP contribution in [-0.2, 0) is 0 Å². The summed E-state index contributed by atoms with van der Waals surface area (Å²) in [5.74, 6) is 0. The zero-order valence-electron chi connectivity index (χ0n) is 5.04. The first-order valence-electron chi connectivity index (χ1n) is 2.87. The zero-order chi connectivity index (χ0) is 6.97. The lowest BCUT2D eigenvalue weighted by Crippen LogP contribution is -1.53. The highest BCUT2D eigenvalue weighted by atomic mass is 35.5. The molecule has 0 saturated carbocycles. The van der Waals surface area contributed by atoms with E-state index < -0.39 is 0 Å². The van der Waals surface area contributed by atoms with Crippen LogP contribution < -0.4 is 0 Å². The van der Waals surface area contributed by atoms with Gasteiger partial charge in [0, 0.05) is 9.82 Å². The molecule has 0 aliphatic rings. The minimum absolute atomic E-state index is 0.959. The van der Waals surface area contributed by atoms with E-state index in [9.17, 15) is 0 Å². The lowest BCUT2D eigenvalue weighted by atomic mass is 10.4. The number of hydrogen-bond donors (Lipinski definition) is 0. The van der Waals surface area contributed by atoms with Crippen molar-refractivity contribution >= 4 is 40.9 Å². The lowest BCUT2D eigenvalue weighted by Gasteiger charge is -1.81. The molecule has 3 heteroatoms. The highest BCUT2D eigenvalue weighted by Crippen LogP contribution is 2.38. The maximum absolute atomic E-state index is 5.84. The summed E-state index contributed by atoms with van der Waals surface area (Å²) in [6.07, 6.45) is 0. The fourth-order valence-corrected chi connectivity index (χ4v) is 3.45. The van der Waals surface area contributed by atoms with Crippen molar-refractivity contribution in [3.05, 3.63) is 28.3 Å². The van der Waals surface area contributed by atoms with Crippen molar-refractivity contribution in [3.63, 3.8) is 0 Å². The lowest BCUT2D eigenvalue weighted by molar-refractivity contribution is 1.88. The van der Waals surface area contributed by atoms with Crippen molar-refractivity contribution < 1.29 is 0 Å². The van der Waals surface area contributed by atoms with E-state index in [4.69, 9.17) is 11.6 Å². The average molecular weight is 187 g/mol. The normalized spacial score (nSPS) is 11.3. The van der Waals surface area contributed by atoms with E-state index in [-0.39, 0.29) is 0 Å². The summed E-state index contributed by atoms with van der Waals surface area (Å²) in [4.78, 5) is 0. The fourth-order valence-electron chi connectivity index (χ4n) is 0.844. The summed E-state index contributed by atoms with van der Waals surface area (Å²) in [5.41, 5.74) is 0. The molecule has 0 bridgehead atoms. The first kappa shape index (κ1) is 6.60. The number of halogens is 1. The van der Waals surface area contributed by atoms with Gasteiger partial charge in [0.05, 0.1) is 0 Å². The summed E-state index contributed by atoms with van der Waals surface area (Å²) < 4.78 is 2.26. The number of benzene rings is 1. The standard InChI is InChI=1S/C7H4ClPS/c8-7-9-5-3-1-2-4-6(5)10-7/h1-4H. The van der Waals surface area contributed by atoms with Crippen LogP contribution in [0.25, 0.3) is 9.82 Å². The van der Waals surface area contributed by atoms with Gasteiger partial charge >= 0.3 is 0 Å². The molecule has 1 heterocycles. The predicted octanol–water partition coefficient (Wildman–Crippen LogP) is 4.13. The van der Waals surface area contributed by atoms with Gasteiger partial charge in [0.15, 0.2) is 0 Å². The minimum atomic E-state index is 0.959. The zero-order valence-corrected chi connectivity index (χ0v) is 7.51. The van der Waals surface area contributed by atoms with Crippen molar-refractivity contribution in [2.45, 2.75) is 0 Å². The second-order valence-electron chi connectivity index (χ2n) is 1.93. The molecule has 50 valence electrons. The molecule has 1 aromatic carbocycles. The van der Waals surface area contributed by atoms with E-state index >= 15 is 0 Å². The summed E-state index contributed by atoms with van der Waals surface area (Å²) in [6, 6.07) is 8.29. The summed E-state index contributed by atoms with van der Waals surface area (Å²) >= 11 is 7.51. The van der Waals surface area contributed by atoms with Gasteiger partial charge in [0.2, 0.25) is 0 Å². The van der Waals surface area contributed by atoms with Crippen LogP contribution in [0.2, 0.25) is 4.07 Å². The molecule has 0 spiro atoms. The molecule has 1 aromatic heterocycles. The molecule has 0 aliphatic carbocycles. The first-order valence-corrected chi connectivity index (χ1v) is 4.96. The SMILES string of the molecule is Clc1pc2ccccc2s1.